The van der Waals surface area contributed by atoms with Gasteiger partial charge in [0.2, 0.25) is 5.91 Å². The molecule has 0 bridgehead atoms. The van der Waals surface area contributed by atoms with Gasteiger partial charge in [0.05, 0.1) is 18.3 Å². The summed E-state index contributed by atoms with van der Waals surface area (Å²) >= 11 is 0. The summed E-state index contributed by atoms with van der Waals surface area (Å²) < 4.78 is 40.9. The number of nitrogens with one attached hydrogen (secondary N) is 2. The van der Waals surface area contributed by atoms with E-state index in [0.717, 1.165) is 12.1 Å². The van der Waals surface area contributed by atoms with Gasteiger partial charge in [-0.15, -0.1) is 18.3 Å². The molecule has 0 aliphatic carbocycles. The quantitative estimate of drug-likeness (QED) is 0.0935. The number of aliphatic hydroxyl groups excluding tert-OH is 2. The highest BCUT2D eigenvalue weighted by Gasteiger charge is 2.31. The van der Waals surface area contributed by atoms with Crippen molar-refractivity contribution in [2.45, 2.75) is 32.0 Å². The average molecular weight is 554 g/mol. The third-order valence-corrected chi connectivity index (χ3v) is 5.11. The number of aliphatic imine (C=N–C) groups is 1. The molecule has 212 valence electrons. The van der Waals surface area contributed by atoms with Crippen LogP contribution in [0.3, 0.4) is 0 Å². The predicted octanol–water partition coefficient (Wildman–Crippen LogP) is 0.982. The van der Waals surface area contributed by atoms with E-state index in [-0.39, 0.29) is 37.7 Å². The second kappa shape index (κ2) is 16.0. The number of aromatic nitrogens is 2. The monoisotopic (exact) mass is 553 g/mol. The van der Waals surface area contributed by atoms with Crippen molar-refractivity contribution < 1.29 is 37.7 Å². The minimum atomic E-state index is -4.82. The van der Waals surface area contributed by atoms with Crippen molar-refractivity contribution in [3.8, 4) is 5.75 Å². The molecule has 0 saturated carbocycles. The lowest BCUT2D eigenvalue weighted by molar-refractivity contribution is -0.274. The maximum Gasteiger partial charge on any atom is 0.573 e. The molecule has 2 amide bonds. The highest BCUT2D eigenvalue weighted by Crippen LogP contribution is 2.23. The van der Waals surface area contributed by atoms with E-state index in [1.807, 2.05) is 0 Å². The number of ether oxygens (including phenoxy) is 1. The topological polar surface area (TPSA) is 184 Å². The van der Waals surface area contributed by atoms with E-state index in [9.17, 15) is 22.8 Å². The van der Waals surface area contributed by atoms with Gasteiger partial charge in [0.15, 0.2) is 11.5 Å². The lowest BCUT2D eigenvalue weighted by Crippen LogP contribution is -2.37. The normalized spacial score (nSPS) is 12.1. The molecule has 15 heteroatoms. The number of rotatable bonds is 15. The summed E-state index contributed by atoms with van der Waals surface area (Å²) in [4.78, 5) is 28.3. The van der Waals surface area contributed by atoms with Crippen LogP contribution in [0.2, 0.25) is 0 Å². The van der Waals surface area contributed by atoms with E-state index in [1.54, 1.807) is 12.1 Å². The summed E-state index contributed by atoms with van der Waals surface area (Å²) in [6, 6.07) is 8.41. The van der Waals surface area contributed by atoms with Crippen LogP contribution >= 0.6 is 0 Å². The molecule has 6 N–H and O–H groups in total. The maximum atomic E-state index is 12.4. The van der Waals surface area contributed by atoms with Crippen LogP contribution in [0, 0.1) is 5.92 Å². The summed E-state index contributed by atoms with van der Waals surface area (Å²) in [5.74, 6) is 3.49. The highest BCUT2D eigenvalue weighted by molar-refractivity contribution is 6.60. The van der Waals surface area contributed by atoms with Crippen LogP contribution in [0.25, 0.3) is 0 Å². The lowest BCUT2D eigenvalue weighted by Gasteiger charge is -2.11. The van der Waals surface area contributed by atoms with Crippen molar-refractivity contribution in [1.29, 1.82) is 0 Å². The third kappa shape index (κ3) is 12.3. The lowest BCUT2D eigenvalue weighted by atomic mass is 10.1. The highest BCUT2D eigenvalue weighted by atomic mass is 19.4. The molecule has 12 nitrogen and oxygen atoms in total. The minimum Gasteiger partial charge on any atom is -0.406 e. The molecule has 1 aromatic heterocycles. The number of unbranched alkanes of at least 4 members (excludes halogenated alkanes) is 1. The van der Waals surface area contributed by atoms with Crippen LogP contribution in [0.15, 0.2) is 46.5 Å². The van der Waals surface area contributed by atoms with Crippen LogP contribution < -0.4 is 21.2 Å². The molecule has 0 spiro atoms. The van der Waals surface area contributed by atoms with Crippen molar-refractivity contribution in [2.24, 2.45) is 21.9 Å². The largest absolute Gasteiger partial charge is 0.573 e. The predicted molar refractivity (Wildman–Crippen MR) is 136 cm³/mol. The van der Waals surface area contributed by atoms with E-state index in [0.29, 0.717) is 37.1 Å². The Balaban J connectivity index is 1.72. The van der Waals surface area contributed by atoms with Crippen LogP contribution in [0.5, 0.6) is 5.75 Å². The molecule has 0 radical (unpaired) electrons. The van der Waals surface area contributed by atoms with Gasteiger partial charge in [-0.05, 0) is 49.1 Å². The number of aliphatic hydroxyl groups is 2. The molecular weight excluding hydrogens is 523 g/mol. The van der Waals surface area contributed by atoms with E-state index in [1.165, 1.54) is 18.3 Å². The first kappa shape index (κ1) is 31.1. The third-order valence-electron chi connectivity index (χ3n) is 5.11. The summed E-state index contributed by atoms with van der Waals surface area (Å²) in [7, 11) is 0. The fourth-order valence-electron chi connectivity index (χ4n) is 3.11. The smallest absolute Gasteiger partial charge is 0.406 e. The van der Waals surface area contributed by atoms with Gasteiger partial charge in [-0.25, -0.2) is 0 Å². The molecule has 0 aliphatic heterocycles. The second-order valence-corrected chi connectivity index (χ2v) is 8.28. The van der Waals surface area contributed by atoms with Gasteiger partial charge in [0.25, 0.3) is 5.91 Å². The van der Waals surface area contributed by atoms with E-state index < -0.39 is 29.8 Å². The van der Waals surface area contributed by atoms with Gasteiger partial charge >= 0.3 is 6.36 Å². The average Bonchev–Trinajstić information content (AvgIpc) is 2.89. The number of hydrogen-bond donors (Lipinski definition) is 5. The first-order valence-electron chi connectivity index (χ1n) is 11.9. The number of aryl methyl sites for hydroxylation is 1. The Hall–Kier alpha value is -4.11. The SMILES string of the molecule is NN=C(C=NCCCCc1ccc(NC(=O)Cc2cccc(OC(F)(F)F)c2)nn1)C(=O)NCC(CO)CO. The fraction of sp³-hybridized carbons (Fsp3) is 0.417. The second-order valence-electron chi connectivity index (χ2n) is 8.28. The van der Waals surface area contributed by atoms with Crippen molar-refractivity contribution in [1.82, 2.24) is 15.5 Å². The van der Waals surface area contributed by atoms with Crippen LogP contribution in [0.1, 0.15) is 24.1 Å². The number of anilines is 1. The number of nitrogens with two attached hydrogens (primary N) is 1. The molecule has 1 aromatic carbocycles. The minimum absolute atomic E-state index is 0.0663. The van der Waals surface area contributed by atoms with Gasteiger partial charge in [-0.3, -0.25) is 14.6 Å². The molecule has 0 unspecified atom stereocenters. The van der Waals surface area contributed by atoms with Gasteiger partial charge < -0.3 is 31.4 Å². The van der Waals surface area contributed by atoms with Gasteiger partial charge in [-0.1, -0.05) is 12.1 Å². The number of carbonyl (C=O) groups excluding carboxylic acids is 2. The Morgan fingerprint density at radius 2 is 1.90 bits per heavy atom. The fourth-order valence-corrected chi connectivity index (χ4v) is 3.11. The number of benzene rings is 1. The summed E-state index contributed by atoms with van der Waals surface area (Å²) in [5.41, 5.74) is 0.930. The number of halogens is 3. The van der Waals surface area contributed by atoms with Crippen LogP contribution in [-0.2, 0) is 22.4 Å². The Morgan fingerprint density at radius 1 is 1.13 bits per heavy atom. The number of carbonyl (C=O) groups is 2. The zero-order valence-electron chi connectivity index (χ0n) is 20.9. The molecule has 39 heavy (non-hydrogen) atoms. The van der Waals surface area contributed by atoms with Crippen LogP contribution in [-0.4, -0.2) is 76.8 Å². The number of alkyl halides is 3. The summed E-state index contributed by atoms with van der Waals surface area (Å²) in [6.45, 7) is -0.0798. The van der Waals surface area contributed by atoms with Gasteiger partial charge in [-0.2, -0.15) is 10.2 Å². The molecule has 0 saturated heterocycles. The Labute approximate surface area is 222 Å². The molecule has 0 aliphatic rings. The van der Waals surface area contributed by atoms with E-state index in [4.69, 9.17) is 16.1 Å². The van der Waals surface area contributed by atoms with E-state index >= 15 is 0 Å². The maximum absolute atomic E-state index is 12.4. The van der Waals surface area contributed by atoms with E-state index in [2.05, 4.69) is 35.7 Å². The Morgan fingerprint density at radius 3 is 2.54 bits per heavy atom. The molecule has 0 fully saturated rings. The van der Waals surface area contributed by atoms with Crippen molar-refractivity contribution >= 4 is 29.6 Å². The first-order chi connectivity index (χ1) is 18.6. The molecule has 1 heterocycles. The summed E-state index contributed by atoms with van der Waals surface area (Å²) in [6.07, 6.45) is -1.78. The number of nitrogens with zero attached hydrogens (tertiary/aromatic N) is 4. The standard InChI is InChI=1S/C24H30F3N7O5/c25-24(26,27)39-19-6-3-4-16(10-19)11-22(37)31-21-8-7-18(33-34-21)5-1-2-9-29-13-20(32-28)23(38)30-12-17(14-35)15-36/h3-4,6-8,10,13,17,35-36H,1-2,5,9,11-12,14-15,28H2,(H,30,38)(H,31,34,37). The Kier molecular flexibility index (Phi) is 12.8. The number of hydrogen-bond acceptors (Lipinski definition) is 10. The van der Waals surface area contributed by atoms with Gasteiger partial charge in [0, 0.05) is 32.2 Å². The first-order valence-corrected chi connectivity index (χ1v) is 11.9. The zero-order valence-corrected chi connectivity index (χ0v) is 20.9. The molecule has 0 atom stereocenters. The van der Waals surface area contributed by atoms with Gasteiger partial charge in [0.1, 0.15) is 5.75 Å². The summed E-state index contributed by atoms with van der Waals surface area (Å²) in [5, 5.41) is 34.5. The Bertz CT molecular complexity index is 1120. The molecular formula is C24H30F3N7O5. The molecule has 2 rings (SSSR count). The van der Waals surface area contributed by atoms with Crippen molar-refractivity contribution in [2.75, 3.05) is 31.6 Å². The zero-order chi connectivity index (χ0) is 28.7. The van der Waals surface area contributed by atoms with Crippen molar-refractivity contribution in [3.05, 3.63) is 47.7 Å². The van der Waals surface area contributed by atoms with Crippen LogP contribution in [0.4, 0.5) is 19.0 Å². The van der Waals surface area contributed by atoms with Crippen molar-refractivity contribution in [3.63, 3.8) is 0 Å². The number of amides is 2. The number of hydrazone groups is 1. The molecule has 2 aromatic rings.